The zero-order chi connectivity index (χ0) is 13.0. The molecule has 1 aromatic heterocycles. The van der Waals surface area contributed by atoms with Crippen LogP contribution in [0.2, 0.25) is 0 Å². The third-order valence-corrected chi connectivity index (χ3v) is 3.32. The minimum absolute atomic E-state index is 0.0892. The highest BCUT2D eigenvalue weighted by Crippen LogP contribution is 2.21. The Kier molecular flexibility index (Phi) is 4.36. The summed E-state index contributed by atoms with van der Waals surface area (Å²) in [5.41, 5.74) is 1.07. The van der Waals surface area contributed by atoms with Gasteiger partial charge in [-0.1, -0.05) is 20.3 Å². The normalized spacial score (nSPS) is 20.9. The number of nitrogens with one attached hydrogen (secondary N) is 2. The minimum Gasteiger partial charge on any atom is -0.368 e. The molecule has 1 aromatic rings. The Hall–Kier alpha value is -1.36. The van der Waals surface area contributed by atoms with Crippen molar-refractivity contribution in [3.63, 3.8) is 0 Å². The molecule has 1 saturated heterocycles. The van der Waals surface area contributed by atoms with Crippen molar-refractivity contribution < 1.29 is 9.53 Å². The van der Waals surface area contributed by atoms with Gasteiger partial charge in [0.25, 0.3) is 5.91 Å². The van der Waals surface area contributed by atoms with Gasteiger partial charge in [0, 0.05) is 18.4 Å². The van der Waals surface area contributed by atoms with Gasteiger partial charge in [-0.05, 0) is 25.2 Å². The Bertz CT molecular complexity index is 397. The van der Waals surface area contributed by atoms with Crippen LogP contribution in [0.1, 0.15) is 51.1 Å². The van der Waals surface area contributed by atoms with Gasteiger partial charge in [-0.15, -0.1) is 0 Å². The average Bonchev–Trinajstić information content (AvgIpc) is 2.99. The fourth-order valence-electron chi connectivity index (χ4n) is 2.23. The van der Waals surface area contributed by atoms with E-state index in [4.69, 9.17) is 4.74 Å². The van der Waals surface area contributed by atoms with Crippen LogP contribution >= 0.6 is 0 Å². The lowest BCUT2D eigenvalue weighted by molar-refractivity contribution is -0.124. The van der Waals surface area contributed by atoms with Crippen LogP contribution in [0.25, 0.3) is 0 Å². The van der Waals surface area contributed by atoms with Crippen LogP contribution in [0, 0.1) is 0 Å². The molecule has 100 valence electrons. The Morgan fingerprint density at radius 2 is 2.56 bits per heavy atom. The van der Waals surface area contributed by atoms with Crippen molar-refractivity contribution in [3.8, 4) is 0 Å². The molecule has 2 N–H and O–H groups in total. The fourth-order valence-corrected chi connectivity index (χ4v) is 2.23. The van der Waals surface area contributed by atoms with Gasteiger partial charge < -0.3 is 10.1 Å². The first-order chi connectivity index (χ1) is 8.70. The topological polar surface area (TPSA) is 67.0 Å². The van der Waals surface area contributed by atoms with Gasteiger partial charge >= 0.3 is 0 Å². The van der Waals surface area contributed by atoms with E-state index in [0.29, 0.717) is 18.3 Å². The van der Waals surface area contributed by atoms with E-state index in [2.05, 4.69) is 29.4 Å². The van der Waals surface area contributed by atoms with Crippen molar-refractivity contribution in [2.24, 2.45) is 0 Å². The Balaban J connectivity index is 1.91. The summed E-state index contributed by atoms with van der Waals surface area (Å²) in [4.78, 5) is 11.8. The molecule has 2 atom stereocenters. The molecule has 1 aliphatic rings. The van der Waals surface area contributed by atoms with Gasteiger partial charge in [-0.3, -0.25) is 9.89 Å². The molecule has 0 spiro atoms. The molecule has 2 rings (SSSR count). The molecule has 0 aliphatic carbocycles. The lowest BCUT2D eigenvalue weighted by Crippen LogP contribution is -2.26. The van der Waals surface area contributed by atoms with E-state index < -0.39 is 0 Å². The number of aromatic nitrogens is 2. The molecular weight excluding hydrogens is 230 g/mol. The maximum absolute atomic E-state index is 11.8. The second-order valence-corrected chi connectivity index (χ2v) is 4.89. The molecule has 1 fully saturated rings. The van der Waals surface area contributed by atoms with Crippen LogP contribution in [0.3, 0.4) is 0 Å². The first kappa shape index (κ1) is 13.1. The zero-order valence-electron chi connectivity index (χ0n) is 11.0. The number of aromatic amines is 1. The largest absolute Gasteiger partial charge is 0.368 e. The number of amides is 1. The third-order valence-electron chi connectivity index (χ3n) is 3.32. The predicted molar refractivity (Wildman–Crippen MR) is 69.5 cm³/mol. The van der Waals surface area contributed by atoms with E-state index in [-0.39, 0.29) is 12.0 Å². The van der Waals surface area contributed by atoms with Crippen LogP contribution in [0.4, 0.5) is 5.82 Å². The Labute approximate surface area is 107 Å². The van der Waals surface area contributed by atoms with Crippen LogP contribution < -0.4 is 5.32 Å². The molecule has 18 heavy (non-hydrogen) atoms. The minimum atomic E-state index is -0.307. The molecule has 1 amide bonds. The summed E-state index contributed by atoms with van der Waals surface area (Å²) in [6, 6.07) is 1.91. The summed E-state index contributed by atoms with van der Waals surface area (Å²) in [6.07, 6.45) is 3.70. The lowest BCUT2D eigenvalue weighted by atomic mass is 10.0. The van der Waals surface area contributed by atoms with Crippen molar-refractivity contribution in [2.45, 2.75) is 51.6 Å². The van der Waals surface area contributed by atoms with Crippen LogP contribution in [0.15, 0.2) is 6.07 Å². The molecule has 0 aromatic carbocycles. The van der Waals surface area contributed by atoms with E-state index in [1.807, 2.05) is 6.07 Å². The lowest BCUT2D eigenvalue weighted by Gasteiger charge is -2.08. The smallest absolute Gasteiger partial charge is 0.254 e. The van der Waals surface area contributed by atoms with Gasteiger partial charge in [0.15, 0.2) is 5.82 Å². The molecular formula is C13H21N3O2. The third kappa shape index (κ3) is 3.10. The summed E-state index contributed by atoms with van der Waals surface area (Å²) >= 11 is 0. The number of H-pyrrole nitrogens is 1. The summed E-state index contributed by atoms with van der Waals surface area (Å²) in [7, 11) is 0. The number of hydrogen-bond acceptors (Lipinski definition) is 3. The van der Waals surface area contributed by atoms with Crippen LogP contribution in [0.5, 0.6) is 0 Å². The van der Waals surface area contributed by atoms with Crippen molar-refractivity contribution >= 4 is 11.7 Å². The van der Waals surface area contributed by atoms with Crippen molar-refractivity contribution in [3.05, 3.63) is 11.8 Å². The number of ether oxygens (including phenoxy) is 1. The highest BCUT2D eigenvalue weighted by atomic mass is 16.5. The van der Waals surface area contributed by atoms with Gasteiger partial charge in [-0.25, -0.2) is 0 Å². The molecule has 0 radical (unpaired) electrons. The number of hydrogen-bond donors (Lipinski definition) is 2. The van der Waals surface area contributed by atoms with Gasteiger partial charge in [0.1, 0.15) is 6.10 Å². The maximum atomic E-state index is 11.8. The van der Waals surface area contributed by atoms with Crippen molar-refractivity contribution in [2.75, 3.05) is 11.9 Å². The van der Waals surface area contributed by atoms with Gasteiger partial charge in [0.05, 0.1) is 0 Å². The molecule has 1 aliphatic heterocycles. The van der Waals surface area contributed by atoms with Crippen LogP contribution in [-0.4, -0.2) is 28.8 Å². The van der Waals surface area contributed by atoms with Crippen molar-refractivity contribution in [1.82, 2.24) is 10.2 Å². The number of rotatable bonds is 5. The summed E-state index contributed by atoms with van der Waals surface area (Å²) in [6.45, 7) is 4.99. The number of carbonyl (C=O) groups is 1. The van der Waals surface area contributed by atoms with Gasteiger partial charge in [-0.2, -0.15) is 5.10 Å². The maximum Gasteiger partial charge on any atom is 0.254 e. The highest BCUT2D eigenvalue weighted by Gasteiger charge is 2.24. The quantitative estimate of drug-likeness (QED) is 0.844. The Morgan fingerprint density at radius 3 is 3.22 bits per heavy atom. The zero-order valence-corrected chi connectivity index (χ0v) is 11.0. The highest BCUT2D eigenvalue weighted by molar-refractivity contribution is 5.93. The van der Waals surface area contributed by atoms with Crippen LogP contribution in [-0.2, 0) is 9.53 Å². The standard InChI is InChI=1S/C13H21N3O2/c1-3-5-9(2)10-8-12(16-15-10)14-13(17)11-6-4-7-18-11/h8-9,11H,3-7H2,1-2H3,(H2,14,15,16,17)/t9-,11-/m0/s1. The van der Waals surface area contributed by atoms with E-state index in [0.717, 1.165) is 31.4 Å². The summed E-state index contributed by atoms with van der Waals surface area (Å²) in [5.74, 6) is 0.943. The summed E-state index contributed by atoms with van der Waals surface area (Å²) in [5, 5.41) is 9.89. The van der Waals surface area contributed by atoms with E-state index in [1.165, 1.54) is 0 Å². The summed E-state index contributed by atoms with van der Waals surface area (Å²) < 4.78 is 5.33. The molecule has 0 unspecified atom stereocenters. The second kappa shape index (κ2) is 6.00. The second-order valence-electron chi connectivity index (χ2n) is 4.89. The van der Waals surface area contributed by atoms with E-state index in [1.54, 1.807) is 0 Å². The van der Waals surface area contributed by atoms with Gasteiger partial charge in [0.2, 0.25) is 0 Å². The fraction of sp³-hybridized carbons (Fsp3) is 0.692. The molecule has 2 heterocycles. The first-order valence-corrected chi connectivity index (χ1v) is 6.68. The van der Waals surface area contributed by atoms with E-state index >= 15 is 0 Å². The number of nitrogens with zero attached hydrogens (tertiary/aromatic N) is 1. The number of carbonyl (C=O) groups excluding carboxylic acids is 1. The van der Waals surface area contributed by atoms with E-state index in [9.17, 15) is 4.79 Å². The molecule has 5 nitrogen and oxygen atoms in total. The average molecular weight is 251 g/mol. The monoisotopic (exact) mass is 251 g/mol. The molecule has 5 heteroatoms. The molecule has 0 saturated carbocycles. The first-order valence-electron chi connectivity index (χ1n) is 6.68. The SMILES string of the molecule is CCC[C@H](C)c1cc(NC(=O)[C@@H]2CCCO2)n[nH]1. The number of anilines is 1. The Morgan fingerprint density at radius 1 is 1.72 bits per heavy atom. The van der Waals surface area contributed by atoms with Crippen molar-refractivity contribution in [1.29, 1.82) is 0 Å². The predicted octanol–water partition coefficient (Wildman–Crippen LogP) is 2.43. The molecule has 0 bridgehead atoms.